The zero-order valence-electron chi connectivity index (χ0n) is 8.29. The third kappa shape index (κ3) is 3.80. The quantitative estimate of drug-likeness (QED) is 0.488. The molecule has 1 saturated carbocycles. The molecule has 2 unspecified atom stereocenters. The van der Waals surface area contributed by atoms with Crippen LogP contribution in [-0.4, -0.2) is 26.4 Å². The lowest BCUT2D eigenvalue weighted by atomic mass is 9.88. The van der Waals surface area contributed by atoms with Crippen LogP contribution in [0.3, 0.4) is 0 Å². The fourth-order valence-corrected chi connectivity index (χ4v) is 1.89. The van der Waals surface area contributed by atoms with Crippen molar-refractivity contribution in [3.05, 3.63) is 0 Å². The lowest BCUT2D eigenvalue weighted by Crippen LogP contribution is -2.24. The molecule has 1 aliphatic carbocycles. The van der Waals surface area contributed by atoms with Gasteiger partial charge in [0.05, 0.1) is 12.7 Å². The second kappa shape index (κ2) is 6.01. The molecule has 0 heterocycles. The van der Waals surface area contributed by atoms with Crippen LogP contribution in [0.5, 0.6) is 0 Å². The summed E-state index contributed by atoms with van der Waals surface area (Å²) in [5.41, 5.74) is 0. The van der Waals surface area contributed by atoms with Gasteiger partial charge in [-0.1, -0.05) is 12.3 Å². The Kier molecular flexibility index (Phi) is 4.88. The molecule has 1 rings (SSSR count). The summed E-state index contributed by atoms with van der Waals surface area (Å²) in [6, 6.07) is 0. The number of terminal acetylenes is 1. The highest BCUT2D eigenvalue weighted by Gasteiger charge is 2.21. The minimum Gasteiger partial charge on any atom is -0.381 e. The predicted molar refractivity (Wildman–Crippen MR) is 52.4 cm³/mol. The maximum atomic E-state index is 5.33. The number of hydrogen-bond acceptors (Lipinski definition) is 2. The number of ether oxygens (including phenoxy) is 2. The average molecular weight is 182 g/mol. The van der Waals surface area contributed by atoms with E-state index in [9.17, 15) is 0 Å². The van der Waals surface area contributed by atoms with Crippen LogP contribution in [0.15, 0.2) is 0 Å². The first-order valence-electron chi connectivity index (χ1n) is 4.90. The molecule has 0 aromatic carbocycles. The highest BCUT2D eigenvalue weighted by molar-refractivity contribution is 4.83. The Labute approximate surface area is 80.6 Å². The summed E-state index contributed by atoms with van der Waals surface area (Å²) in [6.45, 7) is 1.23. The molecule has 2 heteroatoms. The summed E-state index contributed by atoms with van der Waals surface area (Å²) in [5, 5.41) is 0. The van der Waals surface area contributed by atoms with Gasteiger partial charge in [0.2, 0.25) is 0 Å². The van der Waals surface area contributed by atoms with Gasteiger partial charge in [0.15, 0.2) is 0 Å². The van der Waals surface area contributed by atoms with E-state index in [0.29, 0.717) is 18.6 Å². The standard InChI is InChI=1S/C11H18O2/c1-3-7-13-9-10-5-4-6-11(8-10)12-2/h1,10-11H,4-9H2,2H3. The molecule has 1 fully saturated rings. The van der Waals surface area contributed by atoms with Gasteiger partial charge < -0.3 is 9.47 Å². The summed E-state index contributed by atoms with van der Waals surface area (Å²) < 4.78 is 10.7. The van der Waals surface area contributed by atoms with E-state index < -0.39 is 0 Å². The molecule has 0 amide bonds. The summed E-state index contributed by atoms with van der Waals surface area (Å²) in [4.78, 5) is 0. The highest BCUT2D eigenvalue weighted by atomic mass is 16.5. The van der Waals surface area contributed by atoms with Crippen LogP contribution in [0.25, 0.3) is 0 Å². The Morgan fingerprint density at radius 1 is 1.46 bits per heavy atom. The Balaban J connectivity index is 2.15. The second-order valence-corrected chi connectivity index (χ2v) is 3.61. The first kappa shape index (κ1) is 10.6. The monoisotopic (exact) mass is 182 g/mol. The van der Waals surface area contributed by atoms with Crippen LogP contribution >= 0.6 is 0 Å². The van der Waals surface area contributed by atoms with E-state index in [1.165, 1.54) is 19.3 Å². The van der Waals surface area contributed by atoms with Gasteiger partial charge in [-0.25, -0.2) is 0 Å². The maximum absolute atomic E-state index is 5.33. The van der Waals surface area contributed by atoms with Crippen molar-refractivity contribution in [2.45, 2.75) is 31.8 Å². The van der Waals surface area contributed by atoms with Crippen LogP contribution in [0.1, 0.15) is 25.7 Å². The van der Waals surface area contributed by atoms with E-state index >= 15 is 0 Å². The molecule has 0 aromatic rings. The van der Waals surface area contributed by atoms with Crippen molar-refractivity contribution >= 4 is 0 Å². The fourth-order valence-electron chi connectivity index (χ4n) is 1.89. The van der Waals surface area contributed by atoms with Gasteiger partial charge in [-0.15, -0.1) is 6.42 Å². The van der Waals surface area contributed by atoms with E-state index in [1.54, 1.807) is 7.11 Å². The predicted octanol–water partition coefficient (Wildman–Crippen LogP) is 1.84. The van der Waals surface area contributed by atoms with Crippen LogP contribution in [-0.2, 0) is 9.47 Å². The van der Waals surface area contributed by atoms with E-state index in [-0.39, 0.29) is 0 Å². The van der Waals surface area contributed by atoms with Gasteiger partial charge in [-0.3, -0.25) is 0 Å². The molecule has 0 radical (unpaired) electrons. The topological polar surface area (TPSA) is 18.5 Å². The first-order valence-corrected chi connectivity index (χ1v) is 4.90. The molecule has 13 heavy (non-hydrogen) atoms. The third-order valence-corrected chi connectivity index (χ3v) is 2.61. The van der Waals surface area contributed by atoms with Crippen LogP contribution in [0.2, 0.25) is 0 Å². The Morgan fingerprint density at radius 2 is 2.31 bits per heavy atom. The van der Waals surface area contributed by atoms with Crippen molar-refractivity contribution in [3.8, 4) is 12.3 Å². The molecule has 0 aliphatic heterocycles. The summed E-state index contributed by atoms with van der Waals surface area (Å²) in [6.07, 6.45) is 10.4. The molecule has 0 aromatic heterocycles. The Hall–Kier alpha value is -0.520. The van der Waals surface area contributed by atoms with E-state index in [2.05, 4.69) is 5.92 Å². The Bertz CT molecular complexity index is 171. The number of rotatable bonds is 4. The minimum absolute atomic E-state index is 0.438. The van der Waals surface area contributed by atoms with Gasteiger partial charge in [-0.05, 0) is 25.2 Å². The second-order valence-electron chi connectivity index (χ2n) is 3.61. The van der Waals surface area contributed by atoms with Crippen molar-refractivity contribution in [2.24, 2.45) is 5.92 Å². The molecular formula is C11H18O2. The van der Waals surface area contributed by atoms with E-state index in [1.807, 2.05) is 0 Å². The first-order chi connectivity index (χ1) is 6.36. The van der Waals surface area contributed by atoms with Gasteiger partial charge in [0.1, 0.15) is 6.61 Å². The van der Waals surface area contributed by atoms with Gasteiger partial charge >= 0.3 is 0 Å². The van der Waals surface area contributed by atoms with E-state index in [0.717, 1.165) is 13.0 Å². The molecule has 0 spiro atoms. The minimum atomic E-state index is 0.438. The molecule has 74 valence electrons. The SMILES string of the molecule is C#CCOCC1CCCC(OC)C1. The van der Waals surface area contributed by atoms with Gasteiger partial charge in [0.25, 0.3) is 0 Å². The smallest absolute Gasteiger partial charge is 0.107 e. The zero-order chi connectivity index (χ0) is 9.52. The van der Waals surface area contributed by atoms with Gasteiger partial charge in [0, 0.05) is 7.11 Å². The maximum Gasteiger partial charge on any atom is 0.107 e. The zero-order valence-corrected chi connectivity index (χ0v) is 8.29. The largest absolute Gasteiger partial charge is 0.381 e. The molecule has 2 nitrogen and oxygen atoms in total. The van der Waals surface area contributed by atoms with Gasteiger partial charge in [-0.2, -0.15) is 0 Å². The third-order valence-electron chi connectivity index (χ3n) is 2.61. The van der Waals surface area contributed by atoms with Crippen molar-refractivity contribution in [3.63, 3.8) is 0 Å². The van der Waals surface area contributed by atoms with Crippen molar-refractivity contribution < 1.29 is 9.47 Å². The van der Waals surface area contributed by atoms with Crippen molar-refractivity contribution in [2.75, 3.05) is 20.3 Å². The molecule has 0 N–H and O–H groups in total. The lowest BCUT2D eigenvalue weighted by molar-refractivity contribution is 0.0235. The van der Waals surface area contributed by atoms with Crippen LogP contribution < -0.4 is 0 Å². The highest BCUT2D eigenvalue weighted by Crippen LogP contribution is 2.25. The molecule has 0 bridgehead atoms. The van der Waals surface area contributed by atoms with Crippen LogP contribution in [0, 0.1) is 18.3 Å². The average Bonchev–Trinajstić information content (AvgIpc) is 2.19. The van der Waals surface area contributed by atoms with Crippen molar-refractivity contribution in [1.29, 1.82) is 0 Å². The molecule has 0 saturated heterocycles. The fraction of sp³-hybridized carbons (Fsp3) is 0.818. The van der Waals surface area contributed by atoms with Crippen molar-refractivity contribution in [1.82, 2.24) is 0 Å². The Morgan fingerprint density at radius 3 is 3.00 bits per heavy atom. The normalized spacial score (nSPS) is 28.3. The molecular weight excluding hydrogens is 164 g/mol. The summed E-state index contributed by atoms with van der Waals surface area (Å²) in [7, 11) is 1.79. The summed E-state index contributed by atoms with van der Waals surface area (Å²) >= 11 is 0. The van der Waals surface area contributed by atoms with E-state index in [4.69, 9.17) is 15.9 Å². The lowest BCUT2D eigenvalue weighted by Gasteiger charge is -2.27. The summed E-state index contributed by atoms with van der Waals surface area (Å²) in [5.74, 6) is 3.12. The molecule has 1 aliphatic rings. The van der Waals surface area contributed by atoms with Crippen LogP contribution in [0.4, 0.5) is 0 Å². The number of hydrogen-bond donors (Lipinski definition) is 0. The molecule has 2 atom stereocenters. The number of methoxy groups -OCH3 is 1.